The summed E-state index contributed by atoms with van der Waals surface area (Å²) in [5, 5.41) is 77.5. The van der Waals surface area contributed by atoms with Crippen LogP contribution in [0.4, 0.5) is 0 Å². The number of ether oxygens (including phenoxy) is 4. The topological polar surface area (TPSA) is 216 Å². The van der Waals surface area contributed by atoms with Gasteiger partial charge in [0.05, 0.1) is 19.8 Å². The Kier molecular flexibility index (Phi) is 11.9. The summed E-state index contributed by atoms with van der Waals surface area (Å²) >= 11 is 0. The molecule has 0 aromatic heterocycles. The summed E-state index contributed by atoms with van der Waals surface area (Å²) in [4.78, 5) is 12.3. The van der Waals surface area contributed by atoms with E-state index in [0.29, 0.717) is 19.3 Å². The molecule has 13 heteroatoms. The van der Waals surface area contributed by atoms with Gasteiger partial charge in [0.2, 0.25) is 6.29 Å². The summed E-state index contributed by atoms with van der Waals surface area (Å²) < 4.78 is 21.0. The highest BCUT2D eigenvalue weighted by atomic mass is 16.7. The van der Waals surface area contributed by atoms with Crippen molar-refractivity contribution < 1.29 is 64.6 Å². The van der Waals surface area contributed by atoms with Crippen LogP contribution in [-0.4, -0.2) is 128 Å². The molecule has 11 atom stereocenters. The first-order valence-corrected chi connectivity index (χ1v) is 11.6. The minimum atomic E-state index is -1.67. The number of esters is 1. The molecular weight excluding hydrogens is 472 g/mol. The third-order valence-electron chi connectivity index (χ3n) is 6.24. The van der Waals surface area contributed by atoms with Crippen molar-refractivity contribution in [2.75, 3.05) is 19.8 Å². The lowest BCUT2D eigenvalue weighted by molar-refractivity contribution is -0.301. The number of hydrogen-bond acceptors (Lipinski definition) is 13. The molecule has 2 fully saturated rings. The number of hydrogen-bond donors (Lipinski definition) is 8. The van der Waals surface area contributed by atoms with Crippen molar-refractivity contribution in [1.82, 2.24) is 0 Å². The first-order chi connectivity index (χ1) is 16.5. The molecule has 0 aromatic rings. The van der Waals surface area contributed by atoms with Crippen LogP contribution in [0.2, 0.25) is 0 Å². The van der Waals surface area contributed by atoms with Gasteiger partial charge in [-0.25, -0.2) is 4.79 Å². The van der Waals surface area contributed by atoms with Crippen LogP contribution in [-0.2, 0) is 23.7 Å². The third-order valence-corrected chi connectivity index (χ3v) is 6.24. The van der Waals surface area contributed by atoms with Gasteiger partial charge in [-0.2, -0.15) is 0 Å². The van der Waals surface area contributed by atoms with Crippen LogP contribution < -0.4 is 0 Å². The van der Waals surface area contributed by atoms with Gasteiger partial charge in [0, 0.05) is 5.57 Å². The van der Waals surface area contributed by atoms with Gasteiger partial charge in [-0.1, -0.05) is 13.0 Å². The van der Waals surface area contributed by atoms with Gasteiger partial charge < -0.3 is 59.8 Å². The molecular formula is C22H38O13. The first-order valence-electron chi connectivity index (χ1n) is 11.6. The van der Waals surface area contributed by atoms with E-state index in [9.17, 15) is 45.6 Å². The number of allylic oxidation sites excluding steroid dienone is 1. The number of carbonyl (C=O) groups excluding carboxylic acids is 1. The molecule has 2 rings (SSSR count). The van der Waals surface area contributed by atoms with E-state index < -0.39 is 80.6 Å². The van der Waals surface area contributed by atoms with Crippen LogP contribution in [0.25, 0.3) is 0 Å². The van der Waals surface area contributed by atoms with Gasteiger partial charge >= 0.3 is 5.97 Å². The third kappa shape index (κ3) is 7.87. The Morgan fingerprint density at radius 1 is 0.829 bits per heavy atom. The summed E-state index contributed by atoms with van der Waals surface area (Å²) in [6.45, 7) is 2.48. The van der Waals surface area contributed by atoms with Crippen LogP contribution >= 0.6 is 0 Å². The van der Waals surface area contributed by atoms with E-state index in [0.717, 1.165) is 0 Å². The Morgan fingerprint density at radius 3 is 1.89 bits per heavy atom. The summed E-state index contributed by atoms with van der Waals surface area (Å²) in [5.41, 5.74) is 0.242. The van der Waals surface area contributed by atoms with Crippen LogP contribution in [0.3, 0.4) is 0 Å². The van der Waals surface area contributed by atoms with E-state index in [1.165, 1.54) is 6.92 Å². The average Bonchev–Trinajstić information content (AvgIpc) is 2.84. The van der Waals surface area contributed by atoms with Crippen molar-refractivity contribution in [3.8, 4) is 0 Å². The Morgan fingerprint density at radius 2 is 1.34 bits per heavy atom. The van der Waals surface area contributed by atoms with Gasteiger partial charge in [0.25, 0.3) is 0 Å². The maximum absolute atomic E-state index is 12.3. The molecule has 204 valence electrons. The Balaban J connectivity index is 1.73. The fraction of sp³-hybridized carbons (Fsp3) is 0.864. The summed E-state index contributed by atoms with van der Waals surface area (Å²) in [5.74, 6) is -0.640. The van der Waals surface area contributed by atoms with Gasteiger partial charge in [-0.15, -0.1) is 0 Å². The summed E-state index contributed by atoms with van der Waals surface area (Å²) in [7, 11) is 0. The first kappa shape index (κ1) is 30.0. The normalized spacial score (nSPS) is 39.3. The molecule has 0 saturated carbocycles. The highest BCUT2D eigenvalue weighted by molar-refractivity contribution is 5.87. The van der Waals surface area contributed by atoms with Crippen molar-refractivity contribution in [2.24, 2.45) is 5.92 Å². The van der Waals surface area contributed by atoms with Crippen molar-refractivity contribution in [3.05, 3.63) is 11.6 Å². The van der Waals surface area contributed by atoms with E-state index in [1.54, 1.807) is 6.08 Å². The van der Waals surface area contributed by atoms with Crippen molar-refractivity contribution in [3.63, 3.8) is 0 Å². The standard InChI is InChI=1S/C22H38O13/c1-10(6-7-32-21-18(29)16(27)14(25)12(8-23)33-21)4-3-5-11(2)20(31)35-22-19(30)17(28)15(26)13(9-24)34-22/h5,10,12-19,21-30H,3-4,6-9H2,1-2H3/b11-5+/t10?,12-,13-,14-,15-,16+,17+,18-,19-,21-,22+/m1/s1. The van der Waals surface area contributed by atoms with Crippen LogP contribution in [0.5, 0.6) is 0 Å². The lowest BCUT2D eigenvalue weighted by Crippen LogP contribution is -2.59. The van der Waals surface area contributed by atoms with E-state index in [4.69, 9.17) is 18.9 Å². The summed E-state index contributed by atoms with van der Waals surface area (Å²) in [6, 6.07) is 0. The number of aliphatic hydroxyl groups excluding tert-OH is 8. The van der Waals surface area contributed by atoms with Gasteiger partial charge in [-0.3, -0.25) is 0 Å². The van der Waals surface area contributed by atoms with Crippen molar-refractivity contribution in [1.29, 1.82) is 0 Å². The molecule has 1 unspecified atom stereocenters. The second kappa shape index (κ2) is 13.9. The number of aliphatic hydroxyl groups is 8. The monoisotopic (exact) mass is 510 g/mol. The van der Waals surface area contributed by atoms with E-state index in [1.807, 2.05) is 6.92 Å². The van der Waals surface area contributed by atoms with Gasteiger partial charge in [0.1, 0.15) is 48.8 Å². The average molecular weight is 511 g/mol. The molecule has 2 saturated heterocycles. The second-order valence-corrected chi connectivity index (χ2v) is 9.03. The Bertz CT molecular complexity index is 684. The van der Waals surface area contributed by atoms with Crippen LogP contribution in [0.15, 0.2) is 11.6 Å². The molecule has 0 aliphatic carbocycles. The lowest BCUT2D eigenvalue weighted by Gasteiger charge is -2.39. The Labute approximate surface area is 203 Å². The molecule has 0 spiro atoms. The number of rotatable bonds is 11. The predicted octanol–water partition coefficient (Wildman–Crippen LogP) is -3.10. The molecule has 2 aliphatic rings. The molecule has 0 aromatic carbocycles. The van der Waals surface area contributed by atoms with E-state index in [-0.39, 0.29) is 18.1 Å². The molecule has 2 heterocycles. The van der Waals surface area contributed by atoms with E-state index in [2.05, 4.69) is 0 Å². The Hall–Kier alpha value is -1.23. The quantitative estimate of drug-likeness (QED) is 0.102. The maximum Gasteiger partial charge on any atom is 0.335 e. The zero-order valence-corrected chi connectivity index (χ0v) is 19.8. The fourth-order valence-corrected chi connectivity index (χ4v) is 3.77. The molecule has 13 nitrogen and oxygen atoms in total. The maximum atomic E-state index is 12.3. The summed E-state index contributed by atoms with van der Waals surface area (Å²) in [6.07, 6.45) is -10.8. The minimum absolute atomic E-state index is 0.144. The molecule has 35 heavy (non-hydrogen) atoms. The lowest BCUT2D eigenvalue weighted by atomic mass is 9.99. The number of carbonyl (C=O) groups is 1. The van der Waals surface area contributed by atoms with Crippen molar-refractivity contribution >= 4 is 5.97 Å². The highest BCUT2D eigenvalue weighted by Crippen LogP contribution is 2.24. The zero-order chi connectivity index (χ0) is 26.3. The smallest absolute Gasteiger partial charge is 0.335 e. The SMILES string of the molecule is C/C(=C\CCC(C)CCO[C@@H]1O[C@H](CO)[C@@H](O)[C@H](O)[C@H]1O)C(=O)O[C@@H]1O[C@H](CO)[C@@H](O)[C@H](O)[C@H]1O. The minimum Gasteiger partial charge on any atom is -0.429 e. The van der Waals surface area contributed by atoms with Crippen LogP contribution in [0, 0.1) is 5.92 Å². The molecule has 0 radical (unpaired) electrons. The fourth-order valence-electron chi connectivity index (χ4n) is 3.77. The van der Waals surface area contributed by atoms with Crippen LogP contribution in [0.1, 0.15) is 33.1 Å². The van der Waals surface area contributed by atoms with Crippen molar-refractivity contribution in [2.45, 2.75) is 94.5 Å². The molecule has 0 bridgehead atoms. The predicted molar refractivity (Wildman–Crippen MR) is 116 cm³/mol. The van der Waals surface area contributed by atoms with Gasteiger partial charge in [-0.05, 0) is 32.1 Å². The molecule has 0 amide bonds. The molecule has 2 aliphatic heterocycles. The molecule has 8 N–H and O–H groups in total. The van der Waals surface area contributed by atoms with E-state index >= 15 is 0 Å². The zero-order valence-electron chi connectivity index (χ0n) is 19.8. The highest BCUT2D eigenvalue weighted by Gasteiger charge is 2.45. The largest absolute Gasteiger partial charge is 0.429 e. The second-order valence-electron chi connectivity index (χ2n) is 9.03. The van der Waals surface area contributed by atoms with Gasteiger partial charge in [0.15, 0.2) is 6.29 Å².